The summed E-state index contributed by atoms with van der Waals surface area (Å²) in [6, 6.07) is 22.1. The van der Waals surface area contributed by atoms with Crippen molar-refractivity contribution >= 4 is 58.2 Å². The molecule has 9 heteroatoms. The molecule has 0 fully saturated rings. The molecule has 0 atom stereocenters. The maximum absolute atomic E-state index is 12.5. The van der Waals surface area contributed by atoms with E-state index < -0.39 is 0 Å². The molecule has 0 saturated heterocycles. The Balaban J connectivity index is 1.57. The van der Waals surface area contributed by atoms with E-state index in [1.807, 2.05) is 47.0 Å². The Kier molecular flexibility index (Phi) is 6.83. The van der Waals surface area contributed by atoms with E-state index in [0.717, 1.165) is 11.3 Å². The lowest BCUT2D eigenvalue weighted by atomic mass is 10.2. The number of thioether (sulfide) groups is 1. The van der Waals surface area contributed by atoms with Gasteiger partial charge in [-0.2, -0.15) is 0 Å². The Morgan fingerprint density at radius 1 is 0.903 bits per heavy atom. The van der Waals surface area contributed by atoms with Crippen LogP contribution < -0.4 is 5.32 Å². The number of halogens is 3. The number of hydrogen-bond acceptors (Lipinski definition) is 4. The molecule has 3 aromatic carbocycles. The van der Waals surface area contributed by atoms with Crippen molar-refractivity contribution < 1.29 is 4.79 Å². The second-order valence-electron chi connectivity index (χ2n) is 6.45. The van der Waals surface area contributed by atoms with Gasteiger partial charge in [0.25, 0.3) is 0 Å². The smallest absolute Gasteiger partial charge is 0.234 e. The van der Waals surface area contributed by atoms with Crippen molar-refractivity contribution in [2.45, 2.75) is 5.16 Å². The summed E-state index contributed by atoms with van der Waals surface area (Å²) in [7, 11) is 0. The number of carbonyl (C=O) groups is 1. The number of aromatic nitrogens is 3. The number of nitrogens with zero attached hydrogens (tertiary/aromatic N) is 3. The van der Waals surface area contributed by atoms with Gasteiger partial charge in [-0.1, -0.05) is 76.9 Å². The molecule has 0 spiro atoms. The minimum absolute atomic E-state index is 0.140. The molecular weight excluding hydrogens is 475 g/mol. The highest BCUT2D eigenvalue weighted by Crippen LogP contribution is 2.29. The van der Waals surface area contributed by atoms with Gasteiger partial charge in [-0.3, -0.25) is 9.36 Å². The average Bonchev–Trinajstić information content (AvgIpc) is 3.20. The van der Waals surface area contributed by atoms with Crippen molar-refractivity contribution in [3.05, 3.63) is 87.9 Å². The Morgan fingerprint density at radius 3 is 2.35 bits per heavy atom. The van der Waals surface area contributed by atoms with E-state index in [2.05, 4.69) is 15.5 Å². The summed E-state index contributed by atoms with van der Waals surface area (Å²) in [4.78, 5) is 12.5. The predicted molar refractivity (Wildman–Crippen MR) is 128 cm³/mol. The van der Waals surface area contributed by atoms with Crippen molar-refractivity contribution in [3.63, 3.8) is 0 Å². The van der Waals surface area contributed by atoms with Crippen molar-refractivity contribution in [2.75, 3.05) is 11.1 Å². The first kappa shape index (κ1) is 21.7. The standard InChI is InChI=1S/C22H15Cl3N4OS/c23-15-6-9-17(10-7-15)29-21(14-4-2-1-3-5-14)27-28-22(29)31-13-20(30)26-16-8-11-18(24)19(25)12-16/h1-12H,13H2,(H,26,30). The van der Waals surface area contributed by atoms with Crippen LogP contribution in [0.2, 0.25) is 15.1 Å². The van der Waals surface area contributed by atoms with Gasteiger partial charge >= 0.3 is 0 Å². The van der Waals surface area contributed by atoms with Crippen LogP contribution in [-0.4, -0.2) is 26.4 Å². The fourth-order valence-corrected chi connectivity index (χ4v) is 4.04. The van der Waals surface area contributed by atoms with Gasteiger partial charge in [0.2, 0.25) is 5.91 Å². The molecule has 1 N–H and O–H groups in total. The van der Waals surface area contributed by atoms with Crippen LogP contribution in [0.3, 0.4) is 0 Å². The predicted octanol–water partition coefficient (Wildman–Crippen LogP) is 6.63. The minimum Gasteiger partial charge on any atom is -0.325 e. The Hall–Kier alpha value is -2.51. The Morgan fingerprint density at radius 2 is 1.65 bits per heavy atom. The van der Waals surface area contributed by atoms with E-state index >= 15 is 0 Å². The lowest BCUT2D eigenvalue weighted by Crippen LogP contribution is -2.14. The lowest BCUT2D eigenvalue weighted by Gasteiger charge is -2.11. The van der Waals surface area contributed by atoms with Crippen molar-refractivity contribution in [2.24, 2.45) is 0 Å². The van der Waals surface area contributed by atoms with Crippen LogP contribution in [0.1, 0.15) is 0 Å². The van der Waals surface area contributed by atoms with Crippen LogP contribution in [0.4, 0.5) is 5.69 Å². The number of amides is 1. The molecule has 5 nitrogen and oxygen atoms in total. The highest BCUT2D eigenvalue weighted by Gasteiger charge is 2.17. The molecule has 31 heavy (non-hydrogen) atoms. The molecule has 0 aliphatic carbocycles. The maximum atomic E-state index is 12.5. The second-order valence-corrected chi connectivity index (χ2v) is 8.64. The molecule has 156 valence electrons. The van der Waals surface area contributed by atoms with Crippen molar-refractivity contribution in [3.8, 4) is 17.1 Å². The summed E-state index contributed by atoms with van der Waals surface area (Å²) < 4.78 is 1.91. The highest BCUT2D eigenvalue weighted by atomic mass is 35.5. The SMILES string of the molecule is O=C(CSc1nnc(-c2ccccc2)n1-c1ccc(Cl)cc1)Nc1ccc(Cl)c(Cl)c1. The summed E-state index contributed by atoms with van der Waals surface area (Å²) in [5.41, 5.74) is 2.34. The quantitative estimate of drug-likeness (QED) is 0.309. The van der Waals surface area contributed by atoms with Crippen molar-refractivity contribution in [1.82, 2.24) is 14.8 Å². The van der Waals surface area contributed by atoms with Crippen LogP contribution >= 0.6 is 46.6 Å². The highest BCUT2D eigenvalue weighted by molar-refractivity contribution is 7.99. The molecule has 4 aromatic rings. The number of hydrogen-bond donors (Lipinski definition) is 1. The third-order valence-electron chi connectivity index (χ3n) is 4.29. The van der Waals surface area contributed by atoms with Crippen LogP contribution in [0.15, 0.2) is 78.0 Å². The third kappa shape index (κ3) is 5.22. The molecule has 0 aliphatic heterocycles. The van der Waals surface area contributed by atoms with Gasteiger partial charge in [0.05, 0.1) is 15.8 Å². The number of anilines is 1. The second kappa shape index (κ2) is 9.75. The van der Waals surface area contributed by atoms with Gasteiger partial charge in [-0.25, -0.2) is 0 Å². The van der Waals surface area contributed by atoms with Crippen LogP contribution in [-0.2, 0) is 4.79 Å². The number of rotatable bonds is 6. The molecule has 0 bridgehead atoms. The van der Waals surface area contributed by atoms with Gasteiger partial charge < -0.3 is 5.32 Å². The molecule has 0 saturated carbocycles. The monoisotopic (exact) mass is 488 g/mol. The van der Waals surface area contributed by atoms with Gasteiger partial charge in [-0.05, 0) is 42.5 Å². The zero-order chi connectivity index (χ0) is 21.8. The van der Waals surface area contributed by atoms with E-state index in [1.54, 1.807) is 30.3 Å². The third-order valence-corrected chi connectivity index (χ3v) is 6.21. The Labute approximate surface area is 198 Å². The maximum Gasteiger partial charge on any atom is 0.234 e. The molecule has 1 heterocycles. The summed E-state index contributed by atoms with van der Waals surface area (Å²) in [5.74, 6) is 0.617. The van der Waals surface area contributed by atoms with E-state index in [1.165, 1.54) is 11.8 Å². The van der Waals surface area contributed by atoms with Gasteiger partial charge in [0, 0.05) is 22.0 Å². The van der Waals surface area contributed by atoms with E-state index in [9.17, 15) is 4.79 Å². The van der Waals surface area contributed by atoms with Crippen LogP contribution in [0.5, 0.6) is 0 Å². The first-order valence-electron chi connectivity index (χ1n) is 9.16. The zero-order valence-electron chi connectivity index (χ0n) is 15.9. The fraction of sp³-hybridized carbons (Fsp3) is 0.0455. The summed E-state index contributed by atoms with van der Waals surface area (Å²) in [6.07, 6.45) is 0. The van der Waals surface area contributed by atoms with Crippen LogP contribution in [0.25, 0.3) is 17.1 Å². The zero-order valence-corrected chi connectivity index (χ0v) is 19.0. The summed E-state index contributed by atoms with van der Waals surface area (Å²) >= 11 is 19.3. The van der Waals surface area contributed by atoms with Crippen molar-refractivity contribution in [1.29, 1.82) is 0 Å². The van der Waals surface area contributed by atoms with Gasteiger partial charge in [0.1, 0.15) is 0 Å². The molecule has 0 unspecified atom stereocenters. The Bertz CT molecular complexity index is 1210. The lowest BCUT2D eigenvalue weighted by molar-refractivity contribution is -0.113. The molecule has 1 aromatic heterocycles. The summed E-state index contributed by atoms with van der Waals surface area (Å²) in [5, 5.41) is 13.5. The van der Waals surface area contributed by atoms with E-state index in [0.29, 0.717) is 31.7 Å². The first-order valence-corrected chi connectivity index (χ1v) is 11.3. The number of nitrogens with one attached hydrogen (secondary N) is 1. The topological polar surface area (TPSA) is 59.8 Å². The minimum atomic E-state index is -0.199. The van der Waals surface area contributed by atoms with E-state index in [4.69, 9.17) is 34.8 Å². The number of benzene rings is 3. The molecular formula is C22H15Cl3N4OS. The largest absolute Gasteiger partial charge is 0.325 e. The number of carbonyl (C=O) groups excluding carboxylic acids is 1. The molecule has 0 aliphatic rings. The van der Waals surface area contributed by atoms with Gasteiger partial charge in [-0.15, -0.1) is 10.2 Å². The summed E-state index contributed by atoms with van der Waals surface area (Å²) in [6.45, 7) is 0. The molecule has 0 radical (unpaired) electrons. The fourth-order valence-electron chi connectivity index (χ4n) is 2.86. The van der Waals surface area contributed by atoms with E-state index in [-0.39, 0.29) is 11.7 Å². The first-order chi connectivity index (χ1) is 15.0. The van der Waals surface area contributed by atoms with Crippen LogP contribution in [0, 0.1) is 0 Å². The normalized spacial score (nSPS) is 10.8. The average molecular weight is 490 g/mol. The molecule has 1 amide bonds. The van der Waals surface area contributed by atoms with Gasteiger partial charge in [0.15, 0.2) is 11.0 Å². The molecule has 4 rings (SSSR count).